The van der Waals surface area contributed by atoms with Crippen molar-refractivity contribution in [1.29, 1.82) is 0 Å². The molecule has 0 spiro atoms. The van der Waals surface area contributed by atoms with Gasteiger partial charge in [0, 0.05) is 37.9 Å². The van der Waals surface area contributed by atoms with Crippen LogP contribution >= 0.6 is 11.3 Å². The zero-order chi connectivity index (χ0) is 19.6. The highest BCUT2D eigenvalue weighted by Crippen LogP contribution is 2.34. The molecule has 0 bridgehead atoms. The molecule has 8 nitrogen and oxygen atoms in total. The van der Waals surface area contributed by atoms with Crippen LogP contribution < -0.4 is 19.7 Å². The predicted octanol–water partition coefficient (Wildman–Crippen LogP) is 3.29. The number of anilines is 2. The van der Waals surface area contributed by atoms with Gasteiger partial charge >= 0.3 is 6.03 Å². The van der Waals surface area contributed by atoms with Crippen LogP contribution in [-0.4, -0.2) is 54.1 Å². The monoisotopic (exact) mass is 409 g/mol. The normalized spacial score (nSPS) is 15.4. The summed E-state index contributed by atoms with van der Waals surface area (Å²) in [5.74, 6) is 2.18. The lowest BCUT2D eigenvalue weighted by Gasteiger charge is -2.35. The van der Waals surface area contributed by atoms with Gasteiger partial charge in [0.05, 0.1) is 4.88 Å². The van der Waals surface area contributed by atoms with Crippen molar-refractivity contribution in [2.24, 2.45) is 0 Å². The van der Waals surface area contributed by atoms with Gasteiger partial charge in [0.25, 0.3) is 0 Å². The van der Waals surface area contributed by atoms with Crippen molar-refractivity contribution in [2.45, 2.75) is 0 Å². The largest absolute Gasteiger partial charge is 0.454 e. The summed E-state index contributed by atoms with van der Waals surface area (Å²) >= 11 is 1.65. The highest BCUT2D eigenvalue weighted by Gasteiger charge is 2.23. The molecule has 0 saturated carbocycles. The number of benzene rings is 1. The van der Waals surface area contributed by atoms with Crippen LogP contribution in [0.3, 0.4) is 0 Å². The number of hydrogen-bond donors (Lipinski definition) is 1. The van der Waals surface area contributed by atoms with Gasteiger partial charge in [0.2, 0.25) is 6.79 Å². The molecular weight excluding hydrogens is 390 g/mol. The summed E-state index contributed by atoms with van der Waals surface area (Å²) in [6, 6.07) is 13.3. The third-order valence-corrected chi connectivity index (χ3v) is 5.83. The topological polar surface area (TPSA) is 79.8 Å². The molecule has 3 aromatic rings. The van der Waals surface area contributed by atoms with E-state index >= 15 is 0 Å². The van der Waals surface area contributed by atoms with Crippen LogP contribution in [0.2, 0.25) is 0 Å². The summed E-state index contributed by atoms with van der Waals surface area (Å²) in [6.07, 6.45) is 0. The van der Waals surface area contributed by atoms with Gasteiger partial charge < -0.3 is 24.6 Å². The molecule has 1 N–H and O–H groups in total. The number of hydrogen-bond acceptors (Lipinski definition) is 7. The molecule has 1 aromatic carbocycles. The first-order valence-corrected chi connectivity index (χ1v) is 10.2. The number of ether oxygens (including phenoxy) is 2. The first-order valence-electron chi connectivity index (χ1n) is 9.34. The molecule has 2 aliphatic heterocycles. The minimum absolute atomic E-state index is 0.123. The van der Waals surface area contributed by atoms with E-state index in [1.165, 1.54) is 0 Å². The fourth-order valence-electron chi connectivity index (χ4n) is 3.37. The Balaban J connectivity index is 1.17. The average Bonchev–Trinajstić information content (AvgIpc) is 3.46. The Morgan fingerprint density at radius 1 is 1.00 bits per heavy atom. The maximum atomic E-state index is 12.6. The second-order valence-electron chi connectivity index (χ2n) is 6.73. The number of nitrogens with one attached hydrogen (secondary N) is 1. The van der Waals surface area contributed by atoms with E-state index in [1.54, 1.807) is 28.4 Å². The zero-order valence-electron chi connectivity index (χ0n) is 15.6. The molecule has 2 amide bonds. The van der Waals surface area contributed by atoms with E-state index in [1.807, 2.05) is 35.7 Å². The van der Waals surface area contributed by atoms with Gasteiger partial charge in [-0.15, -0.1) is 21.5 Å². The number of nitrogens with zero attached hydrogens (tertiary/aromatic N) is 4. The highest BCUT2D eigenvalue weighted by molar-refractivity contribution is 7.13. The third kappa shape index (κ3) is 3.68. The van der Waals surface area contributed by atoms with Crippen LogP contribution in [-0.2, 0) is 0 Å². The van der Waals surface area contributed by atoms with Gasteiger partial charge in [0.1, 0.15) is 5.69 Å². The minimum atomic E-state index is -0.123. The van der Waals surface area contributed by atoms with E-state index in [4.69, 9.17) is 9.47 Å². The van der Waals surface area contributed by atoms with Crippen molar-refractivity contribution < 1.29 is 14.3 Å². The number of fused-ring (bicyclic) bond motifs is 1. The fourth-order valence-corrected chi connectivity index (χ4v) is 4.06. The molecule has 0 atom stereocenters. The van der Waals surface area contributed by atoms with Crippen molar-refractivity contribution in [3.8, 4) is 22.1 Å². The number of amides is 2. The lowest BCUT2D eigenvalue weighted by molar-refractivity contribution is 0.174. The van der Waals surface area contributed by atoms with E-state index in [9.17, 15) is 4.79 Å². The summed E-state index contributed by atoms with van der Waals surface area (Å²) in [5.41, 5.74) is 1.57. The molecule has 4 heterocycles. The Hall–Kier alpha value is -3.33. The Morgan fingerprint density at radius 3 is 2.62 bits per heavy atom. The Bertz CT molecular complexity index is 1000. The first-order chi connectivity index (χ1) is 14.3. The van der Waals surface area contributed by atoms with Gasteiger partial charge in [-0.1, -0.05) is 6.07 Å². The highest BCUT2D eigenvalue weighted by atomic mass is 32.1. The van der Waals surface area contributed by atoms with E-state index < -0.39 is 0 Å². The second kappa shape index (κ2) is 7.59. The van der Waals surface area contributed by atoms with Gasteiger partial charge in [-0.2, -0.15) is 0 Å². The molecule has 5 rings (SSSR count). The van der Waals surface area contributed by atoms with Crippen LogP contribution in [0, 0.1) is 0 Å². The fraction of sp³-hybridized carbons (Fsp3) is 0.250. The minimum Gasteiger partial charge on any atom is -0.454 e. The number of rotatable bonds is 3. The molecular formula is C20H19N5O3S. The first kappa shape index (κ1) is 17.7. The summed E-state index contributed by atoms with van der Waals surface area (Å²) in [4.78, 5) is 17.6. The van der Waals surface area contributed by atoms with Crippen LogP contribution in [0.25, 0.3) is 10.6 Å². The lowest BCUT2D eigenvalue weighted by atomic mass is 10.2. The molecule has 0 radical (unpaired) electrons. The summed E-state index contributed by atoms with van der Waals surface area (Å²) < 4.78 is 10.7. The average molecular weight is 409 g/mol. The summed E-state index contributed by atoms with van der Waals surface area (Å²) in [5, 5.41) is 13.7. The number of aromatic nitrogens is 2. The summed E-state index contributed by atoms with van der Waals surface area (Å²) in [7, 11) is 0. The van der Waals surface area contributed by atoms with Gasteiger partial charge in [0.15, 0.2) is 17.3 Å². The smallest absolute Gasteiger partial charge is 0.321 e. The van der Waals surface area contributed by atoms with Crippen molar-refractivity contribution in [1.82, 2.24) is 15.1 Å². The quantitative estimate of drug-likeness (QED) is 0.715. The van der Waals surface area contributed by atoms with Crippen molar-refractivity contribution in [2.75, 3.05) is 43.2 Å². The SMILES string of the molecule is O=C(Nc1ccc2c(c1)OCO2)N1CCN(c2ccc(-c3cccs3)nn2)CC1. The van der Waals surface area contributed by atoms with Crippen molar-refractivity contribution >= 4 is 28.9 Å². The molecule has 2 aromatic heterocycles. The van der Waals surface area contributed by atoms with Crippen molar-refractivity contribution in [3.05, 3.63) is 47.8 Å². The van der Waals surface area contributed by atoms with Crippen LogP contribution in [0.5, 0.6) is 11.5 Å². The lowest BCUT2D eigenvalue weighted by Crippen LogP contribution is -2.50. The number of carbonyl (C=O) groups is 1. The van der Waals surface area contributed by atoms with Crippen LogP contribution in [0.15, 0.2) is 47.8 Å². The molecule has 0 unspecified atom stereocenters. The van der Waals surface area contributed by atoms with Crippen molar-refractivity contribution in [3.63, 3.8) is 0 Å². The van der Waals surface area contributed by atoms with Gasteiger partial charge in [-0.3, -0.25) is 0 Å². The molecule has 0 aliphatic carbocycles. The third-order valence-electron chi connectivity index (χ3n) is 4.94. The zero-order valence-corrected chi connectivity index (χ0v) is 16.4. The van der Waals surface area contributed by atoms with E-state index in [0.717, 1.165) is 16.4 Å². The van der Waals surface area contributed by atoms with E-state index in [2.05, 4.69) is 20.4 Å². The van der Waals surface area contributed by atoms with Crippen LogP contribution in [0.4, 0.5) is 16.3 Å². The van der Waals surface area contributed by atoms with E-state index in [-0.39, 0.29) is 12.8 Å². The maximum Gasteiger partial charge on any atom is 0.321 e. The summed E-state index contributed by atoms with van der Waals surface area (Å²) in [6.45, 7) is 2.87. The predicted molar refractivity (Wildman–Crippen MR) is 111 cm³/mol. The molecule has 1 saturated heterocycles. The number of urea groups is 1. The van der Waals surface area contributed by atoms with E-state index in [0.29, 0.717) is 43.4 Å². The number of piperazine rings is 1. The number of carbonyl (C=O) groups excluding carboxylic acids is 1. The number of thiophene rings is 1. The van der Waals surface area contributed by atoms with Gasteiger partial charge in [-0.05, 0) is 35.7 Å². The Labute approximate surface area is 171 Å². The molecule has 1 fully saturated rings. The molecule has 2 aliphatic rings. The Morgan fingerprint density at radius 2 is 1.86 bits per heavy atom. The molecule has 9 heteroatoms. The van der Waals surface area contributed by atoms with Crippen LogP contribution in [0.1, 0.15) is 0 Å². The molecule has 29 heavy (non-hydrogen) atoms. The Kier molecular flexibility index (Phi) is 4.65. The second-order valence-corrected chi connectivity index (χ2v) is 7.67. The standard InChI is InChI=1S/C20H19N5O3S/c26-20(21-14-3-5-16-17(12-14)28-13-27-16)25-9-7-24(8-10-25)19-6-4-15(22-23-19)18-2-1-11-29-18/h1-6,11-12H,7-10,13H2,(H,21,26). The maximum absolute atomic E-state index is 12.6. The van der Waals surface area contributed by atoms with Gasteiger partial charge in [-0.25, -0.2) is 4.79 Å². The molecule has 148 valence electrons.